The summed E-state index contributed by atoms with van der Waals surface area (Å²) in [5.41, 5.74) is 4.05. The van der Waals surface area contributed by atoms with Gasteiger partial charge in [0.25, 0.3) is 0 Å². The first-order valence-electron chi connectivity index (χ1n) is 10.1. The van der Waals surface area contributed by atoms with Crippen molar-refractivity contribution in [3.63, 3.8) is 0 Å². The van der Waals surface area contributed by atoms with Crippen molar-refractivity contribution in [1.29, 1.82) is 0 Å². The van der Waals surface area contributed by atoms with Crippen LogP contribution in [0.5, 0.6) is 0 Å². The lowest BCUT2D eigenvalue weighted by molar-refractivity contribution is -0.138. The molecule has 0 amide bonds. The first-order chi connectivity index (χ1) is 14.4. The van der Waals surface area contributed by atoms with E-state index in [1.807, 2.05) is 11.8 Å². The standard InChI is InChI=1S/C18H22N2S.C5H8O4/c1-14-7-8-17(15(2)13-14)21-18-6-4-3-5-16(18)20-11-9-19-10-12-20;6-4(7)2-1-3-5(8)9/h3-8,13,19H,9-12H2,1-2H3;1-3H2,(H,6,7)(H,8,9). The predicted octanol–water partition coefficient (Wildman–Crippen LogP) is 4.19. The average Bonchev–Trinajstić information content (AvgIpc) is 2.71. The highest BCUT2D eigenvalue weighted by Crippen LogP contribution is 2.37. The fourth-order valence-electron chi connectivity index (χ4n) is 3.13. The number of aryl methyl sites for hydroxylation is 2. The number of carboxylic acids is 2. The Bertz CT molecular complexity index is 837. The quantitative estimate of drug-likeness (QED) is 0.607. The van der Waals surface area contributed by atoms with E-state index in [-0.39, 0.29) is 19.3 Å². The number of rotatable bonds is 7. The number of hydrogen-bond donors (Lipinski definition) is 3. The largest absolute Gasteiger partial charge is 0.481 e. The van der Waals surface area contributed by atoms with Crippen LogP contribution in [0.2, 0.25) is 0 Å². The van der Waals surface area contributed by atoms with Crippen molar-refractivity contribution < 1.29 is 19.8 Å². The van der Waals surface area contributed by atoms with Gasteiger partial charge in [-0.3, -0.25) is 9.59 Å². The zero-order valence-corrected chi connectivity index (χ0v) is 18.4. The van der Waals surface area contributed by atoms with Crippen molar-refractivity contribution >= 4 is 29.4 Å². The lowest BCUT2D eigenvalue weighted by Gasteiger charge is -2.31. The van der Waals surface area contributed by atoms with E-state index in [0.29, 0.717) is 0 Å². The number of nitrogens with one attached hydrogen (secondary N) is 1. The summed E-state index contributed by atoms with van der Waals surface area (Å²) in [6.07, 6.45) is 0.0866. The van der Waals surface area contributed by atoms with Crippen molar-refractivity contribution in [1.82, 2.24) is 5.32 Å². The van der Waals surface area contributed by atoms with E-state index in [0.717, 1.165) is 26.2 Å². The highest BCUT2D eigenvalue weighted by molar-refractivity contribution is 7.99. The van der Waals surface area contributed by atoms with E-state index < -0.39 is 11.9 Å². The van der Waals surface area contributed by atoms with Crippen LogP contribution in [0.1, 0.15) is 30.4 Å². The lowest BCUT2D eigenvalue weighted by atomic mass is 10.2. The zero-order chi connectivity index (χ0) is 21.9. The molecule has 0 bridgehead atoms. The van der Waals surface area contributed by atoms with Crippen LogP contribution in [0, 0.1) is 13.8 Å². The van der Waals surface area contributed by atoms with Crippen molar-refractivity contribution in [3.05, 3.63) is 53.6 Å². The van der Waals surface area contributed by atoms with E-state index in [1.165, 1.54) is 26.6 Å². The van der Waals surface area contributed by atoms with Crippen LogP contribution in [0.25, 0.3) is 0 Å². The van der Waals surface area contributed by atoms with Crippen molar-refractivity contribution in [2.75, 3.05) is 31.1 Å². The molecule has 30 heavy (non-hydrogen) atoms. The number of carbonyl (C=O) groups is 2. The molecule has 0 aromatic heterocycles. The molecule has 1 aliphatic heterocycles. The first-order valence-corrected chi connectivity index (χ1v) is 10.9. The smallest absolute Gasteiger partial charge is 0.303 e. The van der Waals surface area contributed by atoms with Gasteiger partial charge in [0.05, 0.1) is 5.69 Å². The number of nitrogens with zero attached hydrogens (tertiary/aromatic N) is 1. The van der Waals surface area contributed by atoms with Gasteiger partial charge in [-0.05, 0) is 44.0 Å². The molecule has 0 unspecified atom stereocenters. The number of para-hydroxylation sites is 1. The first kappa shape index (κ1) is 23.8. The Kier molecular flexibility index (Phi) is 9.70. The van der Waals surface area contributed by atoms with Gasteiger partial charge in [-0.25, -0.2) is 0 Å². The monoisotopic (exact) mass is 430 g/mol. The predicted molar refractivity (Wildman–Crippen MR) is 121 cm³/mol. The molecule has 0 spiro atoms. The minimum Gasteiger partial charge on any atom is -0.481 e. The topological polar surface area (TPSA) is 89.9 Å². The van der Waals surface area contributed by atoms with Crippen molar-refractivity contribution in [3.8, 4) is 0 Å². The van der Waals surface area contributed by atoms with Gasteiger partial charge in [0.2, 0.25) is 0 Å². The summed E-state index contributed by atoms with van der Waals surface area (Å²) in [7, 11) is 0. The number of hydrogen-bond acceptors (Lipinski definition) is 5. The van der Waals surface area contributed by atoms with Gasteiger partial charge in [0.15, 0.2) is 0 Å². The Labute approximate surface area is 182 Å². The molecule has 162 valence electrons. The van der Waals surface area contributed by atoms with Gasteiger partial charge in [-0.1, -0.05) is 41.6 Å². The van der Waals surface area contributed by atoms with Crippen LogP contribution >= 0.6 is 11.8 Å². The third-order valence-corrected chi connectivity index (χ3v) is 5.90. The molecule has 0 aliphatic carbocycles. The molecule has 2 aromatic carbocycles. The summed E-state index contributed by atoms with van der Waals surface area (Å²) in [4.78, 5) is 24.8. The molecule has 1 heterocycles. The van der Waals surface area contributed by atoms with Gasteiger partial charge in [-0.15, -0.1) is 0 Å². The summed E-state index contributed by atoms with van der Waals surface area (Å²) < 4.78 is 0. The van der Waals surface area contributed by atoms with E-state index >= 15 is 0 Å². The number of piperazine rings is 1. The van der Waals surface area contributed by atoms with Crippen LogP contribution in [0.4, 0.5) is 5.69 Å². The fraction of sp³-hybridized carbons (Fsp3) is 0.391. The van der Waals surface area contributed by atoms with E-state index in [9.17, 15) is 9.59 Å². The molecule has 0 radical (unpaired) electrons. The number of aliphatic carboxylic acids is 2. The van der Waals surface area contributed by atoms with Crippen LogP contribution in [-0.4, -0.2) is 48.3 Å². The fourth-order valence-corrected chi connectivity index (χ4v) is 4.17. The average molecular weight is 431 g/mol. The van der Waals surface area contributed by atoms with Gasteiger partial charge >= 0.3 is 11.9 Å². The molecule has 1 saturated heterocycles. The maximum Gasteiger partial charge on any atom is 0.303 e. The molecule has 7 heteroatoms. The molecular formula is C23H30N2O4S. The maximum atomic E-state index is 9.79. The van der Waals surface area contributed by atoms with E-state index in [1.54, 1.807) is 0 Å². The normalized spacial score (nSPS) is 13.3. The van der Waals surface area contributed by atoms with Gasteiger partial charge in [0.1, 0.15) is 0 Å². The molecule has 1 fully saturated rings. The Hall–Kier alpha value is -2.51. The van der Waals surface area contributed by atoms with Gasteiger partial charge in [-0.2, -0.15) is 0 Å². The molecule has 3 N–H and O–H groups in total. The van der Waals surface area contributed by atoms with Crippen molar-refractivity contribution in [2.45, 2.75) is 42.9 Å². The Morgan fingerprint density at radius 2 is 1.60 bits per heavy atom. The van der Waals surface area contributed by atoms with Crippen LogP contribution in [-0.2, 0) is 9.59 Å². The highest BCUT2D eigenvalue weighted by atomic mass is 32.2. The molecule has 0 atom stereocenters. The minimum absolute atomic E-state index is 0.0632. The van der Waals surface area contributed by atoms with Crippen LogP contribution < -0.4 is 10.2 Å². The van der Waals surface area contributed by atoms with Gasteiger partial charge in [0, 0.05) is 48.8 Å². The second-order valence-electron chi connectivity index (χ2n) is 7.22. The molecule has 6 nitrogen and oxygen atoms in total. The molecule has 0 saturated carbocycles. The molecule has 1 aliphatic rings. The summed E-state index contributed by atoms with van der Waals surface area (Å²) >= 11 is 1.88. The molecular weight excluding hydrogens is 400 g/mol. The SMILES string of the molecule is Cc1ccc(Sc2ccccc2N2CCNCC2)c(C)c1.O=C(O)CCCC(=O)O. The molecule has 3 rings (SSSR count). The number of benzene rings is 2. The second-order valence-corrected chi connectivity index (χ2v) is 8.30. The number of anilines is 1. The van der Waals surface area contributed by atoms with E-state index in [2.05, 4.69) is 66.5 Å². The third kappa shape index (κ3) is 8.08. The Balaban J connectivity index is 0.000000303. The minimum atomic E-state index is -0.948. The van der Waals surface area contributed by atoms with E-state index in [4.69, 9.17) is 10.2 Å². The third-order valence-electron chi connectivity index (χ3n) is 4.65. The van der Waals surface area contributed by atoms with Crippen LogP contribution in [0.15, 0.2) is 52.3 Å². The zero-order valence-electron chi connectivity index (χ0n) is 17.6. The Morgan fingerprint density at radius 1 is 0.967 bits per heavy atom. The lowest BCUT2D eigenvalue weighted by Crippen LogP contribution is -2.43. The number of carboxylic acid groups (broad SMARTS) is 2. The van der Waals surface area contributed by atoms with Crippen molar-refractivity contribution in [2.24, 2.45) is 0 Å². The summed E-state index contributed by atoms with van der Waals surface area (Å²) in [5.74, 6) is -1.90. The summed E-state index contributed by atoms with van der Waals surface area (Å²) in [5, 5.41) is 19.5. The van der Waals surface area contributed by atoms with Crippen LogP contribution in [0.3, 0.4) is 0 Å². The summed E-state index contributed by atoms with van der Waals surface area (Å²) in [6, 6.07) is 15.5. The Morgan fingerprint density at radius 3 is 2.20 bits per heavy atom. The molecule has 2 aromatic rings. The summed E-state index contributed by atoms with van der Waals surface area (Å²) in [6.45, 7) is 8.67. The second kappa shape index (κ2) is 12.2. The highest BCUT2D eigenvalue weighted by Gasteiger charge is 2.14. The maximum absolute atomic E-state index is 9.79. The van der Waals surface area contributed by atoms with Gasteiger partial charge < -0.3 is 20.4 Å².